The first-order valence-corrected chi connectivity index (χ1v) is 6.18. The number of nitrogen functional groups attached to an aromatic ring is 1. The Morgan fingerprint density at radius 2 is 2.30 bits per heavy atom. The van der Waals surface area contributed by atoms with Crippen LogP contribution in [0.25, 0.3) is 5.52 Å². The number of halogens is 1. The van der Waals surface area contributed by atoms with Crippen LogP contribution in [-0.2, 0) is 10.3 Å². The number of rotatable bonds is 2. The second-order valence-corrected chi connectivity index (χ2v) is 5.00. The molecule has 3 rings (SSSR count). The summed E-state index contributed by atoms with van der Waals surface area (Å²) >= 11 is 0. The Morgan fingerprint density at radius 3 is 2.95 bits per heavy atom. The summed E-state index contributed by atoms with van der Waals surface area (Å²) in [4.78, 5) is 3.86. The first-order valence-electron chi connectivity index (χ1n) is 6.18. The van der Waals surface area contributed by atoms with E-state index in [0.29, 0.717) is 11.2 Å². The van der Waals surface area contributed by atoms with Gasteiger partial charge in [0.25, 0.3) is 0 Å². The van der Waals surface area contributed by atoms with Crippen LogP contribution in [0, 0.1) is 0 Å². The third-order valence-electron chi connectivity index (χ3n) is 3.77. The van der Waals surface area contributed by atoms with Gasteiger partial charge in [-0.25, -0.2) is 13.9 Å². The minimum Gasteiger partial charge on any atom is -0.394 e. The molecular weight excluding hydrogens is 267 g/mol. The van der Waals surface area contributed by atoms with Crippen LogP contribution in [0.2, 0.25) is 0 Å². The standard InChI is InChI=1S/C12H15FN4O3/c1-12(10(13)9(19)7(4-18)20-12)8-3-2-6-11(14)15-5-16-17(6)8/h2-3,5,7,9-10,18-19H,4H2,1H3,(H2,14,15,16). The van der Waals surface area contributed by atoms with Gasteiger partial charge in [0.1, 0.15) is 29.7 Å². The maximum absolute atomic E-state index is 14.4. The molecule has 7 nitrogen and oxygen atoms in total. The van der Waals surface area contributed by atoms with Crippen molar-refractivity contribution in [2.75, 3.05) is 12.3 Å². The van der Waals surface area contributed by atoms with Gasteiger partial charge in [0.2, 0.25) is 0 Å². The summed E-state index contributed by atoms with van der Waals surface area (Å²) in [5.74, 6) is 0.266. The van der Waals surface area contributed by atoms with Crippen LogP contribution in [0.15, 0.2) is 18.5 Å². The third-order valence-corrected chi connectivity index (χ3v) is 3.77. The number of alkyl halides is 1. The summed E-state index contributed by atoms with van der Waals surface area (Å²) in [7, 11) is 0. The Morgan fingerprint density at radius 1 is 1.55 bits per heavy atom. The fraction of sp³-hybridized carbons (Fsp3) is 0.500. The molecule has 20 heavy (non-hydrogen) atoms. The molecule has 3 heterocycles. The van der Waals surface area contributed by atoms with E-state index < -0.39 is 30.6 Å². The van der Waals surface area contributed by atoms with E-state index in [1.165, 1.54) is 17.8 Å². The molecule has 0 aromatic carbocycles. The van der Waals surface area contributed by atoms with Crippen LogP contribution in [0.4, 0.5) is 10.2 Å². The molecule has 0 bridgehead atoms. The molecule has 0 radical (unpaired) electrons. The molecule has 2 aromatic rings. The molecule has 108 valence electrons. The van der Waals surface area contributed by atoms with E-state index in [1.54, 1.807) is 12.1 Å². The van der Waals surface area contributed by atoms with Crippen LogP contribution in [0.5, 0.6) is 0 Å². The molecule has 1 aliphatic heterocycles. The first kappa shape index (κ1) is 13.2. The Balaban J connectivity index is 2.13. The Bertz CT molecular complexity index is 649. The van der Waals surface area contributed by atoms with E-state index in [0.717, 1.165) is 0 Å². The number of anilines is 1. The smallest absolute Gasteiger partial charge is 0.163 e. The molecule has 0 aliphatic carbocycles. The van der Waals surface area contributed by atoms with Crippen LogP contribution in [0.3, 0.4) is 0 Å². The van der Waals surface area contributed by atoms with Crippen molar-refractivity contribution in [3.8, 4) is 0 Å². The normalized spacial score (nSPS) is 33.9. The highest BCUT2D eigenvalue weighted by molar-refractivity contribution is 5.65. The maximum atomic E-state index is 14.4. The number of aromatic nitrogens is 3. The number of aliphatic hydroxyl groups is 2. The molecule has 2 aromatic heterocycles. The van der Waals surface area contributed by atoms with E-state index in [2.05, 4.69) is 10.1 Å². The third kappa shape index (κ3) is 1.62. The average Bonchev–Trinajstić information content (AvgIpc) is 2.96. The van der Waals surface area contributed by atoms with Gasteiger partial charge in [-0.15, -0.1) is 0 Å². The summed E-state index contributed by atoms with van der Waals surface area (Å²) in [6, 6.07) is 3.28. The van der Waals surface area contributed by atoms with Crippen molar-refractivity contribution >= 4 is 11.3 Å². The number of nitrogens with zero attached hydrogens (tertiary/aromatic N) is 3. The minimum atomic E-state index is -1.69. The molecule has 8 heteroatoms. The van der Waals surface area contributed by atoms with E-state index >= 15 is 0 Å². The van der Waals surface area contributed by atoms with E-state index in [1.807, 2.05) is 0 Å². The number of hydrogen-bond acceptors (Lipinski definition) is 6. The first-order chi connectivity index (χ1) is 9.49. The molecule has 1 fully saturated rings. The largest absolute Gasteiger partial charge is 0.394 e. The van der Waals surface area contributed by atoms with Crippen molar-refractivity contribution < 1.29 is 19.3 Å². The quantitative estimate of drug-likeness (QED) is 0.693. The van der Waals surface area contributed by atoms with Crippen molar-refractivity contribution in [2.45, 2.75) is 30.9 Å². The second kappa shape index (κ2) is 4.37. The van der Waals surface area contributed by atoms with Gasteiger partial charge in [-0.3, -0.25) is 0 Å². The van der Waals surface area contributed by atoms with Crippen LogP contribution in [0.1, 0.15) is 12.6 Å². The predicted octanol–water partition coefficient (Wildman–Crippen LogP) is -0.383. The summed E-state index contributed by atoms with van der Waals surface area (Å²) in [6.07, 6.45) is -2.79. The summed E-state index contributed by atoms with van der Waals surface area (Å²) in [5, 5.41) is 23.0. The number of aliphatic hydroxyl groups excluding tert-OH is 2. The lowest BCUT2D eigenvalue weighted by molar-refractivity contribution is -0.0780. The molecule has 4 atom stereocenters. The van der Waals surface area contributed by atoms with E-state index in [4.69, 9.17) is 15.6 Å². The highest BCUT2D eigenvalue weighted by atomic mass is 19.1. The molecule has 0 saturated carbocycles. The van der Waals surface area contributed by atoms with Crippen molar-refractivity contribution in [2.24, 2.45) is 0 Å². The second-order valence-electron chi connectivity index (χ2n) is 5.00. The molecule has 0 amide bonds. The fourth-order valence-corrected chi connectivity index (χ4v) is 2.64. The molecule has 0 spiro atoms. The van der Waals surface area contributed by atoms with E-state index in [-0.39, 0.29) is 5.82 Å². The van der Waals surface area contributed by atoms with Crippen LogP contribution in [-0.4, -0.2) is 49.8 Å². The lowest BCUT2D eigenvalue weighted by Crippen LogP contribution is -2.36. The van der Waals surface area contributed by atoms with Gasteiger partial charge >= 0.3 is 0 Å². The van der Waals surface area contributed by atoms with Gasteiger partial charge in [0, 0.05) is 0 Å². The maximum Gasteiger partial charge on any atom is 0.163 e. The Labute approximate surface area is 113 Å². The molecule has 4 N–H and O–H groups in total. The predicted molar refractivity (Wildman–Crippen MR) is 67.6 cm³/mol. The monoisotopic (exact) mass is 282 g/mol. The Hall–Kier alpha value is -1.77. The zero-order valence-electron chi connectivity index (χ0n) is 10.8. The lowest BCUT2D eigenvalue weighted by atomic mass is 9.94. The summed E-state index contributed by atoms with van der Waals surface area (Å²) in [6.45, 7) is 1.05. The van der Waals surface area contributed by atoms with Gasteiger partial charge < -0.3 is 20.7 Å². The zero-order valence-corrected chi connectivity index (χ0v) is 10.8. The topological polar surface area (TPSA) is 106 Å². The molecular formula is C12H15FN4O3. The minimum absolute atomic E-state index is 0.266. The van der Waals surface area contributed by atoms with Gasteiger partial charge in [-0.05, 0) is 19.1 Å². The van der Waals surface area contributed by atoms with Crippen molar-refractivity contribution in [3.63, 3.8) is 0 Å². The number of hydrogen-bond donors (Lipinski definition) is 3. The van der Waals surface area contributed by atoms with Crippen molar-refractivity contribution in [1.82, 2.24) is 14.6 Å². The number of fused-ring (bicyclic) bond motifs is 1. The summed E-state index contributed by atoms with van der Waals surface area (Å²) in [5.41, 5.74) is 5.25. The SMILES string of the molecule is CC1(c2ccc3c(N)ncnn23)OC(CO)C(O)C1F. The molecule has 1 saturated heterocycles. The highest BCUT2D eigenvalue weighted by Gasteiger charge is 2.54. The number of ether oxygens (including phenoxy) is 1. The molecule has 4 unspecified atom stereocenters. The highest BCUT2D eigenvalue weighted by Crippen LogP contribution is 2.41. The van der Waals surface area contributed by atoms with Crippen molar-refractivity contribution in [1.29, 1.82) is 0 Å². The van der Waals surface area contributed by atoms with Gasteiger partial charge in [-0.2, -0.15) is 5.10 Å². The summed E-state index contributed by atoms with van der Waals surface area (Å²) < 4.78 is 21.4. The van der Waals surface area contributed by atoms with Gasteiger partial charge in [0.15, 0.2) is 12.0 Å². The Kier molecular flexibility index (Phi) is 2.89. The average molecular weight is 282 g/mol. The van der Waals surface area contributed by atoms with Crippen LogP contribution < -0.4 is 5.73 Å². The number of nitrogens with two attached hydrogens (primary N) is 1. The zero-order chi connectivity index (χ0) is 14.5. The van der Waals surface area contributed by atoms with Gasteiger partial charge in [-0.1, -0.05) is 0 Å². The van der Waals surface area contributed by atoms with Gasteiger partial charge in [0.05, 0.1) is 12.3 Å². The van der Waals surface area contributed by atoms with Crippen molar-refractivity contribution in [3.05, 3.63) is 24.2 Å². The van der Waals surface area contributed by atoms with E-state index in [9.17, 15) is 9.50 Å². The lowest BCUT2D eigenvalue weighted by Gasteiger charge is -2.25. The fourth-order valence-electron chi connectivity index (χ4n) is 2.64. The van der Waals surface area contributed by atoms with Crippen LogP contribution >= 0.6 is 0 Å². The molecule has 1 aliphatic rings.